The first-order valence-electron chi connectivity index (χ1n) is 8.03. The first-order chi connectivity index (χ1) is 10.0. The third-order valence-electron chi connectivity index (χ3n) is 4.71. The molecule has 118 valence electrons. The summed E-state index contributed by atoms with van der Waals surface area (Å²) in [6.45, 7) is 8.63. The Morgan fingerprint density at radius 1 is 1.29 bits per heavy atom. The maximum atomic E-state index is 5.13. The van der Waals surface area contributed by atoms with Crippen LogP contribution in [0.15, 0.2) is 24.3 Å². The number of aryl methyl sites for hydroxylation is 1. The molecule has 0 saturated carbocycles. The zero-order chi connectivity index (χ0) is 15.3. The van der Waals surface area contributed by atoms with Gasteiger partial charge in [-0.2, -0.15) is 0 Å². The van der Waals surface area contributed by atoms with E-state index in [-0.39, 0.29) is 0 Å². The molecule has 3 heteroatoms. The molecule has 1 N–H and O–H groups in total. The topological polar surface area (TPSA) is 24.5 Å². The van der Waals surface area contributed by atoms with Gasteiger partial charge in [-0.3, -0.25) is 0 Å². The molecular weight excluding hydrogens is 260 g/mol. The van der Waals surface area contributed by atoms with Crippen molar-refractivity contribution in [1.82, 2.24) is 10.2 Å². The monoisotopic (exact) mass is 290 g/mol. The molecule has 0 heterocycles. The van der Waals surface area contributed by atoms with Gasteiger partial charge in [0.15, 0.2) is 0 Å². The molecule has 0 fully saturated rings. The highest BCUT2D eigenvalue weighted by Gasteiger charge is 2.35. The molecule has 0 amide bonds. The molecule has 1 aromatic rings. The van der Waals surface area contributed by atoms with Gasteiger partial charge in [0, 0.05) is 32.8 Å². The molecule has 1 atom stereocenters. The second kappa shape index (κ2) is 7.39. The van der Waals surface area contributed by atoms with Gasteiger partial charge in [-0.05, 0) is 36.4 Å². The van der Waals surface area contributed by atoms with E-state index in [2.05, 4.69) is 55.4 Å². The van der Waals surface area contributed by atoms with Gasteiger partial charge in [-0.1, -0.05) is 38.1 Å². The van der Waals surface area contributed by atoms with Gasteiger partial charge in [0.1, 0.15) is 0 Å². The lowest BCUT2D eigenvalue weighted by Gasteiger charge is -2.41. The van der Waals surface area contributed by atoms with E-state index in [0.717, 1.165) is 26.2 Å². The van der Waals surface area contributed by atoms with Crippen LogP contribution in [0.1, 0.15) is 37.4 Å². The Balaban J connectivity index is 1.94. The van der Waals surface area contributed by atoms with E-state index in [1.165, 1.54) is 24.0 Å². The lowest BCUT2D eigenvalue weighted by molar-refractivity contribution is 0.156. The Morgan fingerprint density at radius 2 is 2.05 bits per heavy atom. The molecular formula is C18H30N2O. The molecule has 21 heavy (non-hydrogen) atoms. The summed E-state index contributed by atoms with van der Waals surface area (Å²) in [6, 6.07) is 9.36. The Kier molecular flexibility index (Phi) is 5.80. The highest BCUT2D eigenvalue weighted by molar-refractivity contribution is 5.34. The molecule has 2 rings (SSSR count). The average molecular weight is 290 g/mol. The summed E-state index contributed by atoms with van der Waals surface area (Å²) < 4.78 is 5.13. The Morgan fingerprint density at radius 3 is 2.81 bits per heavy atom. The fraction of sp³-hybridized carbons (Fsp3) is 0.667. The number of benzene rings is 1. The minimum absolute atomic E-state index is 0.319. The SMILES string of the molecule is COCCN(C)CCNC1c2ccccc2CCC1(C)C. The van der Waals surface area contributed by atoms with Crippen molar-refractivity contribution < 1.29 is 4.74 Å². The maximum absolute atomic E-state index is 5.13. The van der Waals surface area contributed by atoms with Gasteiger partial charge < -0.3 is 15.0 Å². The summed E-state index contributed by atoms with van der Waals surface area (Å²) in [5.41, 5.74) is 3.33. The quantitative estimate of drug-likeness (QED) is 0.835. The van der Waals surface area contributed by atoms with Crippen LogP contribution in [0.25, 0.3) is 0 Å². The Hall–Kier alpha value is -0.900. The third kappa shape index (κ3) is 4.29. The molecule has 1 aliphatic carbocycles. The fourth-order valence-corrected chi connectivity index (χ4v) is 3.21. The normalized spacial score (nSPS) is 20.5. The summed E-state index contributed by atoms with van der Waals surface area (Å²) in [5.74, 6) is 0. The summed E-state index contributed by atoms with van der Waals surface area (Å²) in [5, 5.41) is 3.79. The summed E-state index contributed by atoms with van der Waals surface area (Å²) in [4.78, 5) is 2.32. The number of rotatable bonds is 7. The summed E-state index contributed by atoms with van der Waals surface area (Å²) >= 11 is 0. The number of nitrogens with zero attached hydrogens (tertiary/aromatic N) is 1. The first-order valence-corrected chi connectivity index (χ1v) is 8.03. The van der Waals surface area contributed by atoms with Gasteiger partial charge in [0.05, 0.1) is 6.61 Å². The van der Waals surface area contributed by atoms with Crippen molar-refractivity contribution in [2.75, 3.05) is 40.4 Å². The maximum Gasteiger partial charge on any atom is 0.0589 e. The van der Waals surface area contributed by atoms with Crippen LogP contribution in [0.3, 0.4) is 0 Å². The van der Waals surface area contributed by atoms with Crippen molar-refractivity contribution in [3.05, 3.63) is 35.4 Å². The van der Waals surface area contributed by atoms with E-state index < -0.39 is 0 Å². The van der Waals surface area contributed by atoms with Crippen LogP contribution < -0.4 is 5.32 Å². The van der Waals surface area contributed by atoms with E-state index >= 15 is 0 Å². The molecule has 0 saturated heterocycles. The number of hydrogen-bond acceptors (Lipinski definition) is 3. The number of likely N-dealkylation sites (N-methyl/N-ethyl adjacent to an activating group) is 1. The van der Waals surface area contributed by atoms with Crippen LogP contribution in [0, 0.1) is 5.41 Å². The van der Waals surface area contributed by atoms with Crippen molar-refractivity contribution in [1.29, 1.82) is 0 Å². The van der Waals surface area contributed by atoms with Gasteiger partial charge in [-0.15, -0.1) is 0 Å². The highest BCUT2D eigenvalue weighted by Crippen LogP contribution is 2.43. The largest absolute Gasteiger partial charge is 0.383 e. The van der Waals surface area contributed by atoms with E-state index in [0.29, 0.717) is 11.5 Å². The van der Waals surface area contributed by atoms with Crippen LogP contribution in [-0.2, 0) is 11.2 Å². The van der Waals surface area contributed by atoms with E-state index in [9.17, 15) is 0 Å². The van der Waals surface area contributed by atoms with Crippen LogP contribution in [0.4, 0.5) is 0 Å². The smallest absolute Gasteiger partial charge is 0.0589 e. The number of ether oxygens (including phenoxy) is 1. The van der Waals surface area contributed by atoms with Crippen LogP contribution in [0.5, 0.6) is 0 Å². The fourth-order valence-electron chi connectivity index (χ4n) is 3.21. The van der Waals surface area contributed by atoms with Crippen LogP contribution in [-0.4, -0.2) is 45.3 Å². The van der Waals surface area contributed by atoms with Gasteiger partial charge in [0.25, 0.3) is 0 Å². The Bertz CT molecular complexity index is 445. The molecule has 1 aliphatic rings. The summed E-state index contributed by atoms with van der Waals surface area (Å²) in [6.07, 6.45) is 2.45. The molecule has 0 aliphatic heterocycles. The molecule has 0 radical (unpaired) electrons. The van der Waals surface area contributed by atoms with E-state index in [1.54, 1.807) is 7.11 Å². The average Bonchev–Trinajstić information content (AvgIpc) is 2.47. The first kappa shape index (κ1) is 16.5. The van der Waals surface area contributed by atoms with Crippen molar-refractivity contribution in [3.8, 4) is 0 Å². The second-order valence-electron chi connectivity index (χ2n) is 6.87. The van der Waals surface area contributed by atoms with E-state index in [4.69, 9.17) is 4.74 Å². The zero-order valence-electron chi connectivity index (χ0n) is 14.0. The van der Waals surface area contributed by atoms with E-state index in [1.807, 2.05) is 0 Å². The molecule has 3 nitrogen and oxygen atoms in total. The minimum atomic E-state index is 0.319. The molecule has 0 bridgehead atoms. The lowest BCUT2D eigenvalue weighted by Crippen LogP contribution is -2.41. The van der Waals surface area contributed by atoms with Crippen LogP contribution >= 0.6 is 0 Å². The molecule has 0 spiro atoms. The van der Waals surface area contributed by atoms with Crippen molar-refractivity contribution in [3.63, 3.8) is 0 Å². The highest BCUT2D eigenvalue weighted by atomic mass is 16.5. The number of fused-ring (bicyclic) bond motifs is 1. The van der Waals surface area contributed by atoms with Crippen molar-refractivity contribution in [2.45, 2.75) is 32.7 Å². The zero-order valence-corrected chi connectivity index (χ0v) is 14.0. The third-order valence-corrected chi connectivity index (χ3v) is 4.71. The summed E-state index contributed by atoms with van der Waals surface area (Å²) in [7, 11) is 3.91. The van der Waals surface area contributed by atoms with Gasteiger partial charge >= 0.3 is 0 Å². The Labute approximate surface area is 129 Å². The standard InChI is InChI=1S/C18H30N2O/c1-18(2)10-9-15-7-5-6-8-16(15)17(18)19-11-12-20(3)13-14-21-4/h5-8,17,19H,9-14H2,1-4H3. The minimum Gasteiger partial charge on any atom is -0.383 e. The van der Waals surface area contributed by atoms with Crippen LogP contribution in [0.2, 0.25) is 0 Å². The van der Waals surface area contributed by atoms with Gasteiger partial charge in [-0.25, -0.2) is 0 Å². The predicted octanol–water partition coefficient (Wildman–Crippen LogP) is 2.87. The van der Waals surface area contributed by atoms with Gasteiger partial charge in [0.2, 0.25) is 0 Å². The number of methoxy groups -OCH3 is 1. The molecule has 0 aromatic heterocycles. The second-order valence-corrected chi connectivity index (χ2v) is 6.87. The lowest BCUT2D eigenvalue weighted by atomic mass is 9.70. The molecule has 1 unspecified atom stereocenters. The number of hydrogen-bond donors (Lipinski definition) is 1. The van der Waals surface area contributed by atoms with Crippen molar-refractivity contribution in [2.24, 2.45) is 5.41 Å². The van der Waals surface area contributed by atoms with Crippen molar-refractivity contribution >= 4 is 0 Å². The molecule has 1 aromatic carbocycles. The number of nitrogens with one attached hydrogen (secondary N) is 1. The predicted molar refractivity (Wildman–Crippen MR) is 88.7 cm³/mol.